The molecule has 4 heteroatoms. The van der Waals surface area contributed by atoms with E-state index in [4.69, 9.17) is 4.74 Å². The molecule has 0 radical (unpaired) electrons. The van der Waals surface area contributed by atoms with Gasteiger partial charge in [-0.3, -0.25) is 4.57 Å². The molecule has 0 aliphatic carbocycles. The van der Waals surface area contributed by atoms with Gasteiger partial charge in [-0.15, -0.1) is 0 Å². The van der Waals surface area contributed by atoms with Gasteiger partial charge in [-0.1, -0.05) is 29.8 Å². The van der Waals surface area contributed by atoms with Gasteiger partial charge in [0.05, 0.1) is 5.69 Å². The van der Waals surface area contributed by atoms with Gasteiger partial charge < -0.3 is 4.74 Å². The lowest BCUT2D eigenvalue weighted by molar-refractivity contribution is 0.0540. The van der Waals surface area contributed by atoms with Crippen molar-refractivity contribution >= 4 is 28.7 Å². The largest absolute Gasteiger partial charge is 0.443 e. The number of hydrogen-bond acceptors (Lipinski definition) is 2. The number of rotatable bonds is 1. The average Bonchev–Trinajstić information content (AvgIpc) is 2.70. The molecule has 2 aromatic rings. The van der Waals surface area contributed by atoms with Gasteiger partial charge >= 0.3 is 6.09 Å². The van der Waals surface area contributed by atoms with Crippen LogP contribution in [0.25, 0.3) is 11.3 Å². The molecule has 0 amide bonds. The Labute approximate surface area is 133 Å². The molecule has 0 bridgehead atoms. The van der Waals surface area contributed by atoms with E-state index in [1.54, 1.807) is 10.8 Å². The van der Waals surface area contributed by atoms with Crippen molar-refractivity contribution in [2.45, 2.75) is 33.3 Å². The zero-order valence-electron chi connectivity index (χ0n) is 12.1. The molecule has 20 heavy (non-hydrogen) atoms. The van der Waals surface area contributed by atoms with Crippen LogP contribution in [0.2, 0.25) is 0 Å². The van der Waals surface area contributed by atoms with Gasteiger partial charge in [-0.2, -0.15) is 0 Å². The summed E-state index contributed by atoms with van der Waals surface area (Å²) in [6.45, 7) is 7.64. The van der Waals surface area contributed by atoms with Gasteiger partial charge in [0.2, 0.25) is 0 Å². The maximum Gasteiger partial charge on any atom is 0.419 e. The van der Waals surface area contributed by atoms with Crippen LogP contribution in [0.5, 0.6) is 0 Å². The molecule has 0 atom stereocenters. The summed E-state index contributed by atoms with van der Waals surface area (Å²) in [6, 6.07) is 10.1. The zero-order chi connectivity index (χ0) is 14.9. The van der Waals surface area contributed by atoms with E-state index >= 15 is 0 Å². The number of benzene rings is 1. The van der Waals surface area contributed by atoms with E-state index in [0.29, 0.717) is 0 Å². The smallest absolute Gasteiger partial charge is 0.419 e. The van der Waals surface area contributed by atoms with Crippen molar-refractivity contribution in [2.24, 2.45) is 0 Å². The quantitative estimate of drug-likeness (QED) is 0.660. The molecule has 0 unspecified atom stereocenters. The highest BCUT2D eigenvalue weighted by molar-refractivity contribution is 14.1. The maximum absolute atomic E-state index is 12.3. The van der Waals surface area contributed by atoms with E-state index in [0.717, 1.165) is 14.8 Å². The molecule has 0 spiro atoms. The number of halogens is 1. The summed E-state index contributed by atoms with van der Waals surface area (Å²) in [4.78, 5) is 12.3. The van der Waals surface area contributed by atoms with Gasteiger partial charge in [-0.05, 0) is 61.9 Å². The molecule has 0 N–H and O–H groups in total. The van der Waals surface area contributed by atoms with Crippen LogP contribution in [0, 0.1) is 10.5 Å². The maximum atomic E-state index is 12.3. The first-order valence-corrected chi connectivity index (χ1v) is 7.52. The first-order valence-electron chi connectivity index (χ1n) is 6.44. The molecule has 1 aromatic heterocycles. The third-order valence-electron chi connectivity index (χ3n) is 2.72. The molecule has 0 fully saturated rings. The minimum absolute atomic E-state index is 0.351. The lowest BCUT2D eigenvalue weighted by Crippen LogP contribution is -2.27. The molecule has 1 heterocycles. The predicted molar refractivity (Wildman–Crippen MR) is 89.0 cm³/mol. The second-order valence-electron chi connectivity index (χ2n) is 5.76. The van der Waals surface area contributed by atoms with Crippen LogP contribution in [0.4, 0.5) is 4.79 Å². The van der Waals surface area contributed by atoms with Crippen LogP contribution in [0.1, 0.15) is 26.3 Å². The van der Waals surface area contributed by atoms with Crippen molar-refractivity contribution in [1.29, 1.82) is 0 Å². The van der Waals surface area contributed by atoms with Gasteiger partial charge in [0, 0.05) is 9.77 Å². The monoisotopic (exact) mass is 383 g/mol. The van der Waals surface area contributed by atoms with Gasteiger partial charge in [0.25, 0.3) is 0 Å². The molecular weight excluding hydrogens is 365 g/mol. The van der Waals surface area contributed by atoms with Crippen molar-refractivity contribution in [3.8, 4) is 11.3 Å². The first kappa shape index (κ1) is 15.1. The van der Waals surface area contributed by atoms with E-state index in [2.05, 4.69) is 22.6 Å². The zero-order valence-corrected chi connectivity index (χ0v) is 14.3. The van der Waals surface area contributed by atoms with Crippen LogP contribution in [-0.2, 0) is 4.74 Å². The number of hydrogen-bond donors (Lipinski definition) is 0. The highest BCUT2D eigenvalue weighted by Gasteiger charge is 2.20. The second-order valence-corrected chi connectivity index (χ2v) is 7.01. The van der Waals surface area contributed by atoms with E-state index in [9.17, 15) is 4.79 Å². The lowest BCUT2D eigenvalue weighted by Gasteiger charge is -2.20. The van der Waals surface area contributed by atoms with Crippen LogP contribution < -0.4 is 0 Å². The third-order valence-corrected chi connectivity index (χ3v) is 3.31. The lowest BCUT2D eigenvalue weighted by atomic mass is 10.1. The summed E-state index contributed by atoms with van der Waals surface area (Å²) >= 11 is 2.20. The topological polar surface area (TPSA) is 31.2 Å². The van der Waals surface area contributed by atoms with Crippen molar-refractivity contribution < 1.29 is 9.53 Å². The molecule has 1 aromatic carbocycles. The van der Waals surface area contributed by atoms with E-state index < -0.39 is 5.60 Å². The summed E-state index contributed by atoms with van der Waals surface area (Å²) < 4.78 is 8.01. The number of ether oxygens (including phenoxy) is 1. The Morgan fingerprint density at radius 3 is 2.35 bits per heavy atom. The van der Waals surface area contributed by atoms with Gasteiger partial charge in [0.15, 0.2) is 0 Å². The Bertz CT molecular complexity index is 621. The normalized spacial score (nSPS) is 11.4. The molecule has 0 aliphatic rings. The summed E-state index contributed by atoms with van der Waals surface area (Å²) in [5.41, 5.74) is 2.55. The van der Waals surface area contributed by atoms with Crippen molar-refractivity contribution in [3.63, 3.8) is 0 Å². The Morgan fingerprint density at radius 2 is 1.80 bits per heavy atom. The number of carbonyl (C=O) groups is 1. The van der Waals surface area contributed by atoms with Crippen LogP contribution in [0.15, 0.2) is 36.5 Å². The molecule has 3 nitrogen and oxygen atoms in total. The molecule has 0 saturated heterocycles. The van der Waals surface area contributed by atoms with Crippen molar-refractivity contribution in [1.82, 2.24) is 4.57 Å². The van der Waals surface area contributed by atoms with Crippen LogP contribution in [-0.4, -0.2) is 16.3 Å². The number of aryl methyl sites for hydroxylation is 1. The highest BCUT2D eigenvalue weighted by Crippen LogP contribution is 2.25. The molecular formula is C16H18INO2. The first-order chi connectivity index (χ1) is 9.26. The summed E-state index contributed by atoms with van der Waals surface area (Å²) in [5.74, 6) is 0. The minimum Gasteiger partial charge on any atom is -0.443 e. The molecule has 2 rings (SSSR count). The van der Waals surface area contributed by atoms with Crippen LogP contribution in [0.3, 0.4) is 0 Å². The van der Waals surface area contributed by atoms with Crippen molar-refractivity contribution in [3.05, 3.63) is 45.7 Å². The van der Waals surface area contributed by atoms with Gasteiger partial charge in [-0.25, -0.2) is 4.79 Å². The fourth-order valence-electron chi connectivity index (χ4n) is 1.84. The summed E-state index contributed by atoms with van der Waals surface area (Å²) in [7, 11) is 0. The SMILES string of the molecule is Cc1ccc(-c2cc(I)cn2C(=O)OC(C)(C)C)cc1. The summed E-state index contributed by atoms with van der Waals surface area (Å²) in [6.07, 6.45) is 1.44. The Kier molecular flexibility index (Phi) is 4.22. The number of nitrogens with zero attached hydrogens (tertiary/aromatic N) is 1. The molecule has 106 valence electrons. The third kappa shape index (κ3) is 3.62. The highest BCUT2D eigenvalue weighted by atomic mass is 127. The fourth-order valence-corrected chi connectivity index (χ4v) is 2.41. The predicted octanol–water partition coefficient (Wildman–Crippen LogP) is 4.85. The van der Waals surface area contributed by atoms with Gasteiger partial charge in [0.1, 0.15) is 5.60 Å². The Hall–Kier alpha value is -1.30. The molecule has 0 saturated carbocycles. The average molecular weight is 383 g/mol. The Morgan fingerprint density at radius 1 is 1.20 bits per heavy atom. The second kappa shape index (κ2) is 5.60. The minimum atomic E-state index is -0.503. The van der Waals surface area contributed by atoms with Crippen LogP contribution >= 0.6 is 22.6 Å². The summed E-state index contributed by atoms with van der Waals surface area (Å²) in [5, 5.41) is 0. The van der Waals surface area contributed by atoms with E-state index in [1.807, 2.05) is 58.0 Å². The van der Waals surface area contributed by atoms with E-state index in [1.165, 1.54) is 5.56 Å². The van der Waals surface area contributed by atoms with Crippen molar-refractivity contribution in [2.75, 3.05) is 0 Å². The number of aromatic nitrogens is 1. The Balaban J connectivity index is 2.40. The molecule has 0 aliphatic heterocycles. The van der Waals surface area contributed by atoms with E-state index in [-0.39, 0.29) is 6.09 Å². The fraction of sp³-hybridized carbons (Fsp3) is 0.312. The number of carbonyl (C=O) groups excluding carboxylic acids is 1. The standard InChI is InChI=1S/C16H18INO2/c1-11-5-7-12(8-6-11)14-9-13(17)10-18(14)15(19)20-16(2,3)4/h5-10H,1-4H3.